The molecule has 3 heteroatoms. The van der Waals surface area contributed by atoms with Crippen molar-refractivity contribution < 1.29 is 4.74 Å². The lowest BCUT2D eigenvalue weighted by Crippen LogP contribution is -2.02. The van der Waals surface area contributed by atoms with Crippen LogP contribution in [0.15, 0.2) is 54.7 Å². The molecule has 106 valence electrons. The van der Waals surface area contributed by atoms with Crippen molar-refractivity contribution in [1.82, 2.24) is 4.98 Å². The summed E-state index contributed by atoms with van der Waals surface area (Å²) in [4.78, 5) is 4.47. The minimum atomic E-state index is 0.719. The molecule has 0 aliphatic heterocycles. The number of nitrogens with zero attached hydrogens (tertiary/aromatic N) is 1. The second-order valence-electron chi connectivity index (χ2n) is 4.99. The molecule has 3 nitrogen and oxygen atoms in total. The number of anilines is 1. The Kier molecular flexibility index (Phi) is 3.73. The summed E-state index contributed by atoms with van der Waals surface area (Å²) in [5.41, 5.74) is 4.46. The zero-order valence-corrected chi connectivity index (χ0v) is 12.3. The molecular weight excluding hydrogens is 260 g/mol. The van der Waals surface area contributed by atoms with Crippen LogP contribution in [0.5, 0.6) is 5.75 Å². The molecule has 0 spiro atoms. The summed E-state index contributed by atoms with van der Waals surface area (Å²) >= 11 is 0. The van der Waals surface area contributed by atoms with Crippen molar-refractivity contribution in [3.05, 3.63) is 65.9 Å². The fraction of sp³-hybridized carbons (Fsp3) is 0.167. The Balaban J connectivity index is 1.91. The predicted octanol–water partition coefficient (Wildman–Crippen LogP) is 4.16. The van der Waals surface area contributed by atoms with Gasteiger partial charge in [-0.25, -0.2) is 0 Å². The summed E-state index contributed by atoms with van der Waals surface area (Å²) in [5, 5.41) is 4.63. The molecule has 3 aromatic rings. The largest absolute Gasteiger partial charge is 0.496 e. The van der Waals surface area contributed by atoms with Crippen LogP contribution in [0.3, 0.4) is 0 Å². The van der Waals surface area contributed by atoms with Crippen LogP contribution >= 0.6 is 0 Å². The molecule has 0 unspecified atom stereocenters. The molecule has 0 amide bonds. The van der Waals surface area contributed by atoms with Crippen molar-refractivity contribution in [3.63, 3.8) is 0 Å². The van der Waals surface area contributed by atoms with Gasteiger partial charge in [0.25, 0.3) is 0 Å². The van der Waals surface area contributed by atoms with Gasteiger partial charge in [-0.1, -0.05) is 24.3 Å². The first-order valence-corrected chi connectivity index (χ1v) is 6.99. The zero-order chi connectivity index (χ0) is 14.7. The number of nitrogens with one attached hydrogen (secondary N) is 1. The molecule has 21 heavy (non-hydrogen) atoms. The van der Waals surface area contributed by atoms with Gasteiger partial charge in [0.2, 0.25) is 0 Å². The number of benzene rings is 2. The topological polar surface area (TPSA) is 34.1 Å². The van der Waals surface area contributed by atoms with Crippen LogP contribution in [0.2, 0.25) is 0 Å². The minimum absolute atomic E-state index is 0.719. The Hall–Kier alpha value is -2.55. The first kappa shape index (κ1) is 13.4. The highest BCUT2D eigenvalue weighted by Crippen LogP contribution is 2.26. The number of ether oxygens (including phenoxy) is 1. The van der Waals surface area contributed by atoms with E-state index in [0.717, 1.165) is 34.4 Å². The number of hydrogen-bond acceptors (Lipinski definition) is 3. The standard InChI is InChI=1S/C18H18N2O/c1-13-9-10-16(15-7-5-11-19-18(13)15)20-12-14-6-3-4-8-17(14)21-2/h3-11,20H,12H2,1-2H3. The summed E-state index contributed by atoms with van der Waals surface area (Å²) in [5.74, 6) is 0.902. The molecule has 0 radical (unpaired) electrons. The van der Waals surface area contributed by atoms with E-state index in [1.165, 1.54) is 5.56 Å². The molecule has 0 aliphatic carbocycles. The van der Waals surface area contributed by atoms with E-state index in [-0.39, 0.29) is 0 Å². The molecule has 0 atom stereocenters. The molecule has 3 rings (SSSR count). The number of aromatic nitrogens is 1. The maximum absolute atomic E-state index is 5.39. The highest BCUT2D eigenvalue weighted by Gasteiger charge is 2.06. The van der Waals surface area contributed by atoms with Crippen molar-refractivity contribution in [3.8, 4) is 5.75 Å². The van der Waals surface area contributed by atoms with Crippen LogP contribution in [-0.2, 0) is 6.54 Å². The van der Waals surface area contributed by atoms with E-state index in [1.807, 2.05) is 30.5 Å². The second kappa shape index (κ2) is 5.83. The number of para-hydroxylation sites is 1. The maximum atomic E-state index is 5.39. The summed E-state index contributed by atoms with van der Waals surface area (Å²) in [6.07, 6.45) is 1.83. The SMILES string of the molecule is COc1ccccc1CNc1ccc(C)c2ncccc12. The van der Waals surface area contributed by atoms with Gasteiger partial charge in [0.15, 0.2) is 0 Å². The summed E-state index contributed by atoms with van der Waals surface area (Å²) in [7, 11) is 1.70. The molecule has 1 aromatic heterocycles. The number of pyridine rings is 1. The maximum Gasteiger partial charge on any atom is 0.123 e. The lowest BCUT2D eigenvalue weighted by Gasteiger charge is -2.13. The average Bonchev–Trinajstić information content (AvgIpc) is 2.55. The monoisotopic (exact) mass is 278 g/mol. The van der Waals surface area contributed by atoms with Crippen molar-refractivity contribution in [2.45, 2.75) is 13.5 Å². The molecule has 0 bridgehead atoms. The first-order valence-electron chi connectivity index (χ1n) is 6.99. The molecule has 0 saturated heterocycles. The van der Waals surface area contributed by atoms with Gasteiger partial charge in [0.1, 0.15) is 5.75 Å². The third-order valence-electron chi connectivity index (χ3n) is 3.63. The summed E-state index contributed by atoms with van der Waals surface area (Å²) in [6, 6.07) is 16.3. The van der Waals surface area contributed by atoms with Crippen LogP contribution in [0.4, 0.5) is 5.69 Å². The predicted molar refractivity (Wildman–Crippen MR) is 86.8 cm³/mol. The van der Waals surface area contributed by atoms with Gasteiger partial charge in [-0.05, 0) is 36.8 Å². The van der Waals surface area contributed by atoms with Gasteiger partial charge in [-0.15, -0.1) is 0 Å². The van der Waals surface area contributed by atoms with Gasteiger partial charge in [-0.2, -0.15) is 0 Å². The minimum Gasteiger partial charge on any atom is -0.496 e. The first-order chi connectivity index (χ1) is 10.3. The fourth-order valence-electron chi connectivity index (χ4n) is 2.51. The van der Waals surface area contributed by atoms with Crippen LogP contribution in [0, 0.1) is 6.92 Å². The van der Waals surface area contributed by atoms with Crippen LogP contribution in [-0.4, -0.2) is 12.1 Å². The van der Waals surface area contributed by atoms with Gasteiger partial charge in [-0.3, -0.25) is 4.98 Å². The Bertz CT molecular complexity index is 768. The van der Waals surface area contributed by atoms with Crippen molar-refractivity contribution in [2.24, 2.45) is 0 Å². The van der Waals surface area contributed by atoms with E-state index in [9.17, 15) is 0 Å². The highest BCUT2D eigenvalue weighted by atomic mass is 16.5. The molecule has 2 aromatic carbocycles. The van der Waals surface area contributed by atoms with Crippen LogP contribution < -0.4 is 10.1 Å². The van der Waals surface area contributed by atoms with Crippen molar-refractivity contribution >= 4 is 16.6 Å². The lowest BCUT2D eigenvalue weighted by molar-refractivity contribution is 0.410. The van der Waals surface area contributed by atoms with E-state index in [4.69, 9.17) is 4.74 Å². The van der Waals surface area contributed by atoms with E-state index >= 15 is 0 Å². The molecule has 0 fully saturated rings. The second-order valence-corrected chi connectivity index (χ2v) is 4.99. The van der Waals surface area contributed by atoms with E-state index in [0.29, 0.717) is 0 Å². The van der Waals surface area contributed by atoms with Crippen molar-refractivity contribution in [1.29, 1.82) is 0 Å². The highest BCUT2D eigenvalue weighted by molar-refractivity contribution is 5.93. The quantitative estimate of drug-likeness (QED) is 0.778. The lowest BCUT2D eigenvalue weighted by atomic mass is 10.1. The number of hydrogen-bond donors (Lipinski definition) is 1. The van der Waals surface area contributed by atoms with Gasteiger partial charge in [0, 0.05) is 29.4 Å². The van der Waals surface area contributed by atoms with Crippen LogP contribution in [0.25, 0.3) is 10.9 Å². The third kappa shape index (κ3) is 2.68. The smallest absolute Gasteiger partial charge is 0.123 e. The molecule has 0 aliphatic rings. The Morgan fingerprint density at radius 2 is 1.90 bits per heavy atom. The Morgan fingerprint density at radius 3 is 2.76 bits per heavy atom. The molecule has 1 N–H and O–H groups in total. The zero-order valence-electron chi connectivity index (χ0n) is 12.3. The van der Waals surface area contributed by atoms with Gasteiger partial charge in [0.05, 0.1) is 12.6 Å². The van der Waals surface area contributed by atoms with E-state index < -0.39 is 0 Å². The Labute approximate surface area is 124 Å². The summed E-state index contributed by atoms with van der Waals surface area (Å²) < 4.78 is 5.39. The fourth-order valence-corrected chi connectivity index (χ4v) is 2.51. The normalized spacial score (nSPS) is 10.6. The van der Waals surface area contributed by atoms with Crippen molar-refractivity contribution in [2.75, 3.05) is 12.4 Å². The number of aryl methyl sites for hydroxylation is 1. The summed E-state index contributed by atoms with van der Waals surface area (Å²) in [6.45, 7) is 2.80. The molecule has 0 saturated carbocycles. The number of fused-ring (bicyclic) bond motifs is 1. The molecule has 1 heterocycles. The van der Waals surface area contributed by atoms with E-state index in [2.05, 4.69) is 41.5 Å². The van der Waals surface area contributed by atoms with Gasteiger partial charge < -0.3 is 10.1 Å². The van der Waals surface area contributed by atoms with Crippen LogP contribution in [0.1, 0.15) is 11.1 Å². The van der Waals surface area contributed by atoms with E-state index in [1.54, 1.807) is 7.11 Å². The van der Waals surface area contributed by atoms with Gasteiger partial charge >= 0.3 is 0 Å². The number of methoxy groups -OCH3 is 1. The Morgan fingerprint density at radius 1 is 1.05 bits per heavy atom. The molecular formula is C18H18N2O. The third-order valence-corrected chi connectivity index (χ3v) is 3.63. The number of rotatable bonds is 4. The average molecular weight is 278 g/mol.